The number of hydrogen-bond donors (Lipinski definition) is 1. The van der Waals surface area contributed by atoms with Crippen LogP contribution >= 0.6 is 34.5 Å². The van der Waals surface area contributed by atoms with Crippen molar-refractivity contribution in [3.63, 3.8) is 0 Å². The van der Waals surface area contributed by atoms with E-state index in [9.17, 15) is 13.2 Å². The predicted molar refractivity (Wildman–Crippen MR) is 83.5 cm³/mol. The third kappa shape index (κ3) is 3.77. The van der Waals surface area contributed by atoms with E-state index in [4.69, 9.17) is 28.3 Å². The van der Waals surface area contributed by atoms with Gasteiger partial charge in [0, 0.05) is 4.88 Å². The van der Waals surface area contributed by atoms with Gasteiger partial charge in [-0.05, 0) is 30.0 Å². The van der Waals surface area contributed by atoms with Gasteiger partial charge in [-0.1, -0.05) is 29.3 Å². The molecule has 0 fully saturated rings. The topological polar surface area (TPSA) is 71.4 Å². The highest BCUT2D eigenvalue weighted by Crippen LogP contribution is 2.30. The number of aromatic carboxylic acids is 1. The number of carboxylic acid groups (broad SMARTS) is 1. The van der Waals surface area contributed by atoms with E-state index in [0.717, 1.165) is 17.0 Å². The highest BCUT2D eigenvalue weighted by atomic mass is 35.5. The Morgan fingerprint density at radius 3 is 2.52 bits per heavy atom. The first-order valence-electron chi connectivity index (χ1n) is 5.79. The molecule has 0 aliphatic carbocycles. The van der Waals surface area contributed by atoms with Crippen molar-refractivity contribution in [1.29, 1.82) is 0 Å². The Morgan fingerprint density at radius 1 is 1.24 bits per heavy atom. The van der Waals surface area contributed by atoms with E-state index in [1.807, 2.05) is 17.5 Å². The van der Waals surface area contributed by atoms with Gasteiger partial charge in [-0.3, -0.25) is 0 Å². The zero-order valence-electron chi connectivity index (χ0n) is 10.5. The summed E-state index contributed by atoms with van der Waals surface area (Å²) in [6, 6.07) is 5.83. The third-order valence-electron chi connectivity index (χ3n) is 2.78. The van der Waals surface area contributed by atoms with Gasteiger partial charge < -0.3 is 5.11 Å². The van der Waals surface area contributed by atoms with E-state index in [0.29, 0.717) is 6.42 Å². The molecule has 2 rings (SSSR count). The molecule has 0 saturated carbocycles. The Labute approximate surface area is 135 Å². The minimum Gasteiger partial charge on any atom is -0.478 e. The van der Waals surface area contributed by atoms with Crippen molar-refractivity contribution < 1.29 is 18.3 Å². The summed E-state index contributed by atoms with van der Waals surface area (Å²) in [5.41, 5.74) is -0.282. The van der Waals surface area contributed by atoms with Crippen LogP contribution in [0.5, 0.6) is 0 Å². The lowest BCUT2D eigenvalue weighted by Gasteiger charge is -2.08. The second kappa shape index (κ2) is 6.36. The summed E-state index contributed by atoms with van der Waals surface area (Å²) in [4.78, 5) is 11.8. The third-order valence-corrected chi connectivity index (χ3v) is 6.21. The SMILES string of the molecule is O=C(O)c1cc(S(=O)(=O)CCc2cccs2)c(Cl)cc1Cl. The quantitative estimate of drug-likeness (QED) is 0.876. The van der Waals surface area contributed by atoms with E-state index in [1.165, 1.54) is 11.3 Å². The van der Waals surface area contributed by atoms with Gasteiger partial charge >= 0.3 is 5.97 Å². The number of halogens is 2. The molecule has 0 spiro atoms. The second-order valence-electron chi connectivity index (χ2n) is 4.22. The first-order valence-corrected chi connectivity index (χ1v) is 9.07. The van der Waals surface area contributed by atoms with Gasteiger partial charge in [0.2, 0.25) is 0 Å². The molecular formula is C13H10Cl2O4S2. The molecule has 4 nitrogen and oxygen atoms in total. The molecule has 112 valence electrons. The zero-order valence-corrected chi connectivity index (χ0v) is 13.7. The van der Waals surface area contributed by atoms with Crippen LogP contribution in [0.25, 0.3) is 0 Å². The van der Waals surface area contributed by atoms with Crippen molar-refractivity contribution in [3.05, 3.63) is 50.1 Å². The second-order valence-corrected chi connectivity index (χ2v) is 8.14. The number of hydrogen-bond acceptors (Lipinski definition) is 4. The van der Waals surface area contributed by atoms with Crippen molar-refractivity contribution >= 4 is 50.3 Å². The summed E-state index contributed by atoms with van der Waals surface area (Å²) < 4.78 is 24.6. The van der Waals surface area contributed by atoms with Crippen LogP contribution in [0.15, 0.2) is 34.5 Å². The summed E-state index contributed by atoms with van der Waals surface area (Å²) >= 11 is 13.1. The van der Waals surface area contributed by atoms with Crippen LogP contribution in [0.4, 0.5) is 0 Å². The number of carboxylic acids is 1. The maximum atomic E-state index is 12.3. The fourth-order valence-corrected chi connectivity index (χ4v) is 4.75. The standard InChI is InChI=1S/C13H10Cl2O4S2/c14-10-7-11(15)12(6-9(10)13(16)17)21(18,19)5-3-8-2-1-4-20-8/h1-2,4,6-7H,3,5H2,(H,16,17). The van der Waals surface area contributed by atoms with E-state index in [1.54, 1.807) is 0 Å². The predicted octanol–water partition coefficient (Wildman–Crippen LogP) is 3.77. The van der Waals surface area contributed by atoms with Crippen molar-refractivity contribution in [1.82, 2.24) is 0 Å². The van der Waals surface area contributed by atoms with Gasteiger partial charge in [-0.15, -0.1) is 11.3 Å². The fraction of sp³-hybridized carbons (Fsp3) is 0.154. The van der Waals surface area contributed by atoms with Crippen molar-refractivity contribution in [3.8, 4) is 0 Å². The van der Waals surface area contributed by atoms with Crippen LogP contribution in [0.1, 0.15) is 15.2 Å². The van der Waals surface area contributed by atoms with E-state index >= 15 is 0 Å². The maximum absolute atomic E-state index is 12.3. The van der Waals surface area contributed by atoms with Gasteiger partial charge in [0.05, 0.1) is 26.3 Å². The molecule has 0 bridgehead atoms. The molecule has 0 saturated heterocycles. The van der Waals surface area contributed by atoms with Crippen LogP contribution < -0.4 is 0 Å². The first kappa shape index (κ1) is 16.3. The summed E-state index contributed by atoms with van der Waals surface area (Å²) in [6.07, 6.45) is 0.349. The maximum Gasteiger partial charge on any atom is 0.337 e. The average molecular weight is 365 g/mol. The Hall–Kier alpha value is -1.08. The molecule has 1 aromatic carbocycles. The molecule has 0 radical (unpaired) electrons. The van der Waals surface area contributed by atoms with E-state index in [2.05, 4.69) is 0 Å². The molecule has 2 aromatic rings. The van der Waals surface area contributed by atoms with Crippen molar-refractivity contribution in [2.24, 2.45) is 0 Å². The monoisotopic (exact) mass is 364 g/mol. The molecule has 21 heavy (non-hydrogen) atoms. The average Bonchev–Trinajstić information content (AvgIpc) is 2.88. The highest BCUT2D eigenvalue weighted by Gasteiger charge is 2.22. The number of thiophene rings is 1. The van der Waals surface area contributed by atoms with Gasteiger partial charge in [0.25, 0.3) is 0 Å². The fourth-order valence-electron chi connectivity index (χ4n) is 1.73. The summed E-state index contributed by atoms with van der Waals surface area (Å²) in [5.74, 6) is -1.44. The van der Waals surface area contributed by atoms with Crippen molar-refractivity contribution in [2.45, 2.75) is 11.3 Å². The summed E-state index contributed by atoms with van der Waals surface area (Å²) in [5, 5.41) is 10.7. The molecular weight excluding hydrogens is 355 g/mol. The lowest BCUT2D eigenvalue weighted by Crippen LogP contribution is -2.11. The highest BCUT2D eigenvalue weighted by molar-refractivity contribution is 7.91. The molecule has 0 aliphatic heterocycles. The molecule has 0 amide bonds. The van der Waals surface area contributed by atoms with Gasteiger partial charge in [0.1, 0.15) is 0 Å². The molecule has 1 aromatic heterocycles. The molecule has 0 aliphatic rings. The van der Waals surface area contributed by atoms with Crippen molar-refractivity contribution in [2.75, 3.05) is 5.75 Å². The Balaban J connectivity index is 2.35. The molecule has 8 heteroatoms. The normalized spacial score (nSPS) is 11.5. The number of benzene rings is 1. The van der Waals surface area contributed by atoms with Crippen LogP contribution in [0.3, 0.4) is 0 Å². The number of rotatable bonds is 5. The largest absolute Gasteiger partial charge is 0.478 e. The van der Waals surface area contributed by atoms with E-state index < -0.39 is 15.8 Å². The summed E-state index contributed by atoms with van der Waals surface area (Å²) in [6.45, 7) is 0. The number of aryl methyl sites for hydroxylation is 1. The lowest BCUT2D eigenvalue weighted by atomic mass is 10.2. The number of carbonyl (C=O) groups is 1. The lowest BCUT2D eigenvalue weighted by molar-refractivity contribution is 0.0697. The zero-order chi connectivity index (χ0) is 15.6. The molecule has 1 N–H and O–H groups in total. The Morgan fingerprint density at radius 2 is 1.95 bits per heavy atom. The Bertz CT molecular complexity index is 768. The molecule has 0 unspecified atom stereocenters. The minimum atomic E-state index is -3.69. The van der Waals surface area contributed by atoms with Crippen LogP contribution in [-0.2, 0) is 16.3 Å². The van der Waals surface area contributed by atoms with Gasteiger partial charge in [0.15, 0.2) is 9.84 Å². The molecule has 1 heterocycles. The van der Waals surface area contributed by atoms with Gasteiger partial charge in [-0.2, -0.15) is 0 Å². The first-order chi connectivity index (χ1) is 9.81. The van der Waals surface area contributed by atoms with Gasteiger partial charge in [-0.25, -0.2) is 13.2 Å². The van der Waals surface area contributed by atoms with Crippen LogP contribution in [-0.4, -0.2) is 25.2 Å². The summed E-state index contributed by atoms with van der Waals surface area (Å²) in [7, 11) is -3.69. The number of sulfone groups is 1. The molecule has 0 atom stereocenters. The minimum absolute atomic E-state index is 0.0730. The Kier molecular flexibility index (Phi) is 4.93. The van der Waals surface area contributed by atoms with E-state index in [-0.39, 0.29) is 26.3 Å². The van der Waals surface area contributed by atoms with Crippen LogP contribution in [0.2, 0.25) is 10.0 Å². The van der Waals surface area contributed by atoms with Crippen LogP contribution in [0, 0.1) is 0 Å². The smallest absolute Gasteiger partial charge is 0.337 e.